The molecule has 0 aromatic heterocycles. The maximum atomic E-state index is 12.0. The number of hydrogen-bond acceptors (Lipinski definition) is 6. The predicted octanol–water partition coefficient (Wildman–Crippen LogP) is 1.34. The molecule has 0 saturated heterocycles. The molecule has 0 aliphatic rings. The van der Waals surface area contributed by atoms with E-state index in [4.69, 9.17) is 24.4 Å². The van der Waals surface area contributed by atoms with Gasteiger partial charge in [-0.2, -0.15) is 10.2 Å². The Morgan fingerprint density at radius 1 is 0.750 bits per heavy atom. The molecule has 0 amide bonds. The summed E-state index contributed by atoms with van der Waals surface area (Å²) in [6.07, 6.45) is -0.469. The van der Waals surface area contributed by atoms with Gasteiger partial charge in [-0.1, -0.05) is 85.1 Å². The molecule has 6 nitrogen and oxygen atoms in total. The Balaban J connectivity index is 0.00000392. The van der Waals surface area contributed by atoms with Gasteiger partial charge in [0.1, 0.15) is 9.98 Å². The number of hydrazone groups is 2. The van der Waals surface area contributed by atoms with Gasteiger partial charge in [0, 0.05) is 48.7 Å². The summed E-state index contributed by atoms with van der Waals surface area (Å²) in [5, 5.41) is 34.2. The molecule has 0 N–H and O–H groups in total. The molecule has 28 heavy (non-hydrogen) atoms. The molecular formula is C19H18CuN4O2S2-2. The molecule has 9 heteroatoms. The Morgan fingerprint density at radius 2 is 1.07 bits per heavy atom. The van der Waals surface area contributed by atoms with Crippen LogP contribution in [0.15, 0.2) is 70.9 Å². The SMILES string of the molecule is CN(/N=C(\[O-])C/C([O-])=N/N(C)C(=S)c1ccccc1)C(=S)c1ccccc1.[Cu]. The molecule has 0 unspecified atom stereocenters. The normalized spacial score (nSPS) is 11.4. The summed E-state index contributed by atoms with van der Waals surface area (Å²) in [5.41, 5.74) is 1.52. The van der Waals surface area contributed by atoms with Crippen LogP contribution in [0.25, 0.3) is 0 Å². The van der Waals surface area contributed by atoms with Crippen molar-refractivity contribution in [1.29, 1.82) is 0 Å². The van der Waals surface area contributed by atoms with Gasteiger partial charge in [0.25, 0.3) is 0 Å². The Morgan fingerprint density at radius 3 is 1.39 bits per heavy atom. The van der Waals surface area contributed by atoms with Crippen molar-refractivity contribution in [2.24, 2.45) is 10.2 Å². The smallest absolute Gasteiger partial charge is 0.129 e. The van der Waals surface area contributed by atoms with Crippen molar-refractivity contribution < 1.29 is 27.3 Å². The molecule has 0 aliphatic carbocycles. The Bertz CT molecular complexity index is 789. The van der Waals surface area contributed by atoms with Crippen molar-refractivity contribution in [2.45, 2.75) is 6.42 Å². The molecule has 0 fully saturated rings. The van der Waals surface area contributed by atoms with Crippen molar-refractivity contribution in [3.8, 4) is 0 Å². The fourth-order valence-electron chi connectivity index (χ4n) is 2.16. The summed E-state index contributed by atoms with van der Waals surface area (Å²) in [6.45, 7) is 0. The van der Waals surface area contributed by atoms with Crippen LogP contribution in [-0.2, 0) is 17.1 Å². The summed E-state index contributed by atoms with van der Waals surface area (Å²) in [4.78, 5) is 0.770. The van der Waals surface area contributed by atoms with Crippen LogP contribution in [0.5, 0.6) is 0 Å². The molecule has 0 aliphatic heterocycles. The third-order valence-corrected chi connectivity index (χ3v) is 4.45. The minimum Gasteiger partial charge on any atom is -0.860 e. The summed E-state index contributed by atoms with van der Waals surface area (Å²) in [7, 11) is 3.12. The van der Waals surface area contributed by atoms with Gasteiger partial charge in [-0.3, -0.25) is 10.0 Å². The predicted molar refractivity (Wildman–Crippen MR) is 111 cm³/mol. The zero-order valence-electron chi connectivity index (χ0n) is 15.2. The van der Waals surface area contributed by atoms with Gasteiger partial charge in [0.2, 0.25) is 0 Å². The van der Waals surface area contributed by atoms with E-state index in [2.05, 4.69) is 10.2 Å². The van der Waals surface area contributed by atoms with Crippen LogP contribution in [-0.4, -0.2) is 45.9 Å². The van der Waals surface area contributed by atoms with Gasteiger partial charge in [-0.25, -0.2) is 0 Å². The molecular weight excluding hydrogens is 444 g/mol. The molecule has 0 atom stereocenters. The molecule has 2 aromatic rings. The first kappa shape index (κ1) is 23.7. The molecule has 1 radical (unpaired) electrons. The van der Waals surface area contributed by atoms with E-state index < -0.39 is 18.2 Å². The number of benzene rings is 2. The Labute approximate surface area is 185 Å². The quantitative estimate of drug-likeness (QED) is 0.212. The third-order valence-electron chi connectivity index (χ3n) is 3.45. The van der Waals surface area contributed by atoms with Gasteiger partial charge in [0.05, 0.1) is 0 Å². The van der Waals surface area contributed by atoms with E-state index in [-0.39, 0.29) is 17.1 Å². The second kappa shape index (κ2) is 11.5. The van der Waals surface area contributed by atoms with Crippen LogP contribution >= 0.6 is 24.4 Å². The largest absolute Gasteiger partial charge is 0.860 e. The maximum Gasteiger partial charge on any atom is 0.129 e. The summed E-state index contributed by atoms with van der Waals surface area (Å²) >= 11 is 10.6. The fourth-order valence-corrected chi connectivity index (χ4v) is 2.51. The average molecular weight is 462 g/mol. The van der Waals surface area contributed by atoms with Gasteiger partial charge in [-0.15, -0.1) is 0 Å². The van der Waals surface area contributed by atoms with Crippen LogP contribution < -0.4 is 10.2 Å². The van der Waals surface area contributed by atoms with Crippen molar-refractivity contribution in [2.75, 3.05) is 14.1 Å². The minimum absolute atomic E-state index is 0. The summed E-state index contributed by atoms with van der Waals surface area (Å²) in [5.74, 6) is -1.27. The first-order valence-corrected chi connectivity index (χ1v) is 8.85. The van der Waals surface area contributed by atoms with Gasteiger partial charge >= 0.3 is 0 Å². The fraction of sp³-hybridized carbons (Fsp3) is 0.158. The molecule has 0 spiro atoms. The zero-order chi connectivity index (χ0) is 19.8. The van der Waals surface area contributed by atoms with E-state index in [1.54, 1.807) is 14.1 Å². The van der Waals surface area contributed by atoms with E-state index in [1.165, 1.54) is 10.0 Å². The van der Waals surface area contributed by atoms with E-state index >= 15 is 0 Å². The van der Waals surface area contributed by atoms with E-state index in [1.807, 2.05) is 60.7 Å². The molecule has 151 valence electrons. The molecule has 2 rings (SSSR count). The first-order valence-electron chi connectivity index (χ1n) is 8.03. The number of nitrogens with zero attached hydrogens (tertiary/aromatic N) is 4. The molecule has 0 saturated carbocycles. The zero-order valence-corrected chi connectivity index (χ0v) is 17.8. The van der Waals surface area contributed by atoms with Crippen LogP contribution in [0.1, 0.15) is 17.5 Å². The molecule has 0 heterocycles. The van der Waals surface area contributed by atoms with Crippen molar-refractivity contribution in [3.05, 3.63) is 71.8 Å². The average Bonchev–Trinajstić information content (AvgIpc) is 2.67. The van der Waals surface area contributed by atoms with Crippen molar-refractivity contribution >= 4 is 46.2 Å². The van der Waals surface area contributed by atoms with Crippen LogP contribution in [0.3, 0.4) is 0 Å². The molecule has 2 aromatic carbocycles. The number of thiocarbonyl (C=S) groups is 2. The monoisotopic (exact) mass is 461 g/mol. The standard InChI is InChI=1S/C19H20N4O2S2.Cu/c1-22(18(26)14-9-5-3-6-10-14)20-16(24)13-17(25)21-23(2)19(27)15-11-7-4-8-12-15;/h3-12H,13H2,1-2H3,(H,20,24)(H,21,25);/p-2. The van der Waals surface area contributed by atoms with E-state index in [0.717, 1.165) is 11.1 Å². The van der Waals surface area contributed by atoms with Gasteiger partial charge in [-0.05, 0) is 11.8 Å². The van der Waals surface area contributed by atoms with Gasteiger partial charge in [0.15, 0.2) is 0 Å². The Hall–Kier alpha value is -2.32. The molecule has 0 bridgehead atoms. The topological polar surface area (TPSA) is 77.3 Å². The Kier molecular flexibility index (Phi) is 9.75. The minimum atomic E-state index is -0.636. The van der Waals surface area contributed by atoms with Gasteiger partial charge < -0.3 is 10.2 Å². The maximum absolute atomic E-state index is 12.0. The van der Waals surface area contributed by atoms with Crippen LogP contribution in [0, 0.1) is 0 Å². The van der Waals surface area contributed by atoms with E-state index in [9.17, 15) is 10.2 Å². The third kappa shape index (κ3) is 7.01. The summed E-state index contributed by atoms with van der Waals surface area (Å²) < 4.78 is 0. The summed E-state index contributed by atoms with van der Waals surface area (Å²) in [6, 6.07) is 18.4. The second-order valence-electron chi connectivity index (χ2n) is 5.55. The van der Waals surface area contributed by atoms with Crippen LogP contribution in [0.2, 0.25) is 0 Å². The van der Waals surface area contributed by atoms with Crippen molar-refractivity contribution in [1.82, 2.24) is 10.0 Å². The second-order valence-corrected chi connectivity index (χ2v) is 6.33. The number of hydrogen-bond donors (Lipinski definition) is 0. The van der Waals surface area contributed by atoms with Crippen molar-refractivity contribution in [3.63, 3.8) is 0 Å². The van der Waals surface area contributed by atoms with Crippen LogP contribution in [0.4, 0.5) is 0 Å². The number of rotatable bonds is 6. The van der Waals surface area contributed by atoms with E-state index in [0.29, 0.717) is 9.98 Å². The first-order chi connectivity index (χ1) is 12.9.